The summed E-state index contributed by atoms with van der Waals surface area (Å²) in [6.07, 6.45) is 5.29. The normalized spacial score (nSPS) is 37.0. The van der Waals surface area contributed by atoms with Gasteiger partial charge in [-0.3, -0.25) is 4.79 Å². The van der Waals surface area contributed by atoms with Crippen LogP contribution >= 0.6 is 11.3 Å². The summed E-state index contributed by atoms with van der Waals surface area (Å²) in [6, 6.07) is 7.97. The quantitative estimate of drug-likeness (QED) is 0.864. The summed E-state index contributed by atoms with van der Waals surface area (Å²) < 4.78 is 6.80. The lowest BCUT2D eigenvalue weighted by atomic mass is 9.48. The molecule has 4 fully saturated rings. The molecule has 4 saturated carbocycles. The third-order valence-corrected chi connectivity index (χ3v) is 7.14. The minimum atomic E-state index is -0.626. The van der Waals surface area contributed by atoms with Crippen LogP contribution in [0.2, 0.25) is 0 Å². The molecule has 0 amide bonds. The lowest BCUT2D eigenvalue weighted by Crippen LogP contribution is -2.58. The first-order valence-corrected chi connectivity index (χ1v) is 9.59. The fourth-order valence-electron chi connectivity index (χ4n) is 5.72. The highest BCUT2D eigenvalue weighted by molar-refractivity contribution is 7.18. The van der Waals surface area contributed by atoms with Gasteiger partial charge in [0.2, 0.25) is 0 Å². The van der Waals surface area contributed by atoms with E-state index in [1.165, 1.54) is 6.42 Å². The van der Waals surface area contributed by atoms with Crippen molar-refractivity contribution in [3.05, 3.63) is 29.3 Å². The van der Waals surface area contributed by atoms with E-state index in [0.29, 0.717) is 18.3 Å². The van der Waals surface area contributed by atoms with E-state index >= 15 is 0 Å². The predicted octanol–water partition coefficient (Wildman–Crippen LogP) is 3.67. The Morgan fingerprint density at radius 3 is 2.71 bits per heavy atom. The fourth-order valence-corrected chi connectivity index (χ4v) is 6.60. The SMILES string of the molecule is O=C(OCc1nc2ccccc2s1)C12CC3CC(CC(O)(C3)C1)C2. The molecule has 2 aromatic rings. The molecule has 24 heavy (non-hydrogen) atoms. The van der Waals surface area contributed by atoms with E-state index in [-0.39, 0.29) is 12.6 Å². The number of esters is 1. The number of carbonyl (C=O) groups excluding carboxylic acids is 1. The Balaban J connectivity index is 1.33. The number of aromatic nitrogens is 1. The summed E-state index contributed by atoms with van der Waals surface area (Å²) in [4.78, 5) is 17.4. The van der Waals surface area contributed by atoms with E-state index in [1.807, 2.05) is 24.3 Å². The summed E-state index contributed by atoms with van der Waals surface area (Å²) >= 11 is 1.58. The van der Waals surface area contributed by atoms with Crippen molar-refractivity contribution in [2.75, 3.05) is 0 Å². The second-order valence-corrected chi connectivity index (χ2v) is 9.23. The zero-order valence-electron chi connectivity index (χ0n) is 13.5. The molecule has 0 radical (unpaired) electrons. The van der Waals surface area contributed by atoms with E-state index in [4.69, 9.17) is 4.74 Å². The lowest BCUT2D eigenvalue weighted by molar-refractivity contribution is -0.197. The molecule has 2 atom stereocenters. The number of para-hydroxylation sites is 1. The van der Waals surface area contributed by atoms with Crippen molar-refractivity contribution in [3.63, 3.8) is 0 Å². The van der Waals surface area contributed by atoms with Gasteiger partial charge >= 0.3 is 5.97 Å². The molecule has 2 unspecified atom stereocenters. The zero-order valence-corrected chi connectivity index (χ0v) is 14.3. The monoisotopic (exact) mass is 343 g/mol. The van der Waals surface area contributed by atoms with Crippen molar-refractivity contribution < 1.29 is 14.6 Å². The molecule has 0 saturated heterocycles. The van der Waals surface area contributed by atoms with Gasteiger partial charge in [-0.1, -0.05) is 12.1 Å². The number of benzene rings is 1. The molecule has 126 valence electrons. The van der Waals surface area contributed by atoms with Crippen LogP contribution in [0, 0.1) is 17.3 Å². The average molecular weight is 343 g/mol. The number of hydrogen-bond acceptors (Lipinski definition) is 5. The highest BCUT2D eigenvalue weighted by Crippen LogP contribution is 2.62. The van der Waals surface area contributed by atoms with Crippen LogP contribution in [-0.4, -0.2) is 21.7 Å². The van der Waals surface area contributed by atoms with Crippen LogP contribution < -0.4 is 0 Å². The van der Waals surface area contributed by atoms with Gasteiger partial charge in [0.15, 0.2) is 0 Å². The number of aliphatic hydroxyl groups is 1. The minimum absolute atomic E-state index is 0.116. The molecule has 1 aromatic carbocycles. The number of nitrogens with zero attached hydrogens (tertiary/aromatic N) is 1. The number of ether oxygens (including phenoxy) is 1. The molecule has 4 aliphatic rings. The first-order chi connectivity index (χ1) is 11.5. The molecule has 4 nitrogen and oxygen atoms in total. The maximum Gasteiger partial charge on any atom is 0.312 e. The molecule has 1 N–H and O–H groups in total. The Hall–Kier alpha value is -1.46. The van der Waals surface area contributed by atoms with Crippen LogP contribution in [0.3, 0.4) is 0 Å². The summed E-state index contributed by atoms with van der Waals surface area (Å²) in [5.74, 6) is 0.867. The predicted molar refractivity (Wildman–Crippen MR) is 91.5 cm³/mol. The topological polar surface area (TPSA) is 59.4 Å². The Morgan fingerprint density at radius 1 is 1.25 bits per heavy atom. The van der Waals surface area contributed by atoms with Crippen LogP contribution in [0.15, 0.2) is 24.3 Å². The number of hydrogen-bond donors (Lipinski definition) is 1. The van der Waals surface area contributed by atoms with Crippen LogP contribution in [0.1, 0.15) is 43.5 Å². The Labute approximate surface area is 144 Å². The van der Waals surface area contributed by atoms with E-state index in [2.05, 4.69) is 4.98 Å². The van der Waals surface area contributed by atoms with Gasteiger partial charge in [-0.25, -0.2) is 4.98 Å². The van der Waals surface area contributed by atoms with Crippen molar-refractivity contribution in [1.29, 1.82) is 0 Å². The van der Waals surface area contributed by atoms with Crippen molar-refractivity contribution >= 4 is 27.5 Å². The molecule has 1 heterocycles. The second-order valence-electron chi connectivity index (χ2n) is 8.12. The largest absolute Gasteiger partial charge is 0.458 e. The van der Waals surface area contributed by atoms with E-state index in [0.717, 1.165) is 40.9 Å². The van der Waals surface area contributed by atoms with Gasteiger partial charge in [-0.05, 0) is 62.5 Å². The third-order valence-electron chi connectivity index (χ3n) is 6.13. The molecule has 4 bridgehead atoms. The fraction of sp³-hybridized carbons (Fsp3) is 0.579. The summed E-state index contributed by atoms with van der Waals surface area (Å²) in [5, 5.41) is 11.6. The van der Waals surface area contributed by atoms with Gasteiger partial charge in [-0.2, -0.15) is 0 Å². The highest BCUT2D eigenvalue weighted by Gasteiger charge is 2.60. The standard InChI is InChI=1S/C19H21NO3S/c21-17(23-10-16-20-14-3-1-2-4-15(14)24-16)18-6-12-5-13(7-18)9-19(22,8-12)11-18/h1-4,12-13,22H,5-11H2. The average Bonchev–Trinajstić information content (AvgIpc) is 2.93. The van der Waals surface area contributed by atoms with E-state index in [9.17, 15) is 9.90 Å². The van der Waals surface area contributed by atoms with Crippen molar-refractivity contribution in [2.24, 2.45) is 17.3 Å². The minimum Gasteiger partial charge on any atom is -0.458 e. The third kappa shape index (κ3) is 2.29. The molecular formula is C19H21NO3S. The first kappa shape index (κ1) is 14.8. The second kappa shape index (κ2) is 5.02. The van der Waals surface area contributed by atoms with Gasteiger partial charge in [0.1, 0.15) is 11.6 Å². The first-order valence-electron chi connectivity index (χ1n) is 8.78. The van der Waals surface area contributed by atoms with Crippen molar-refractivity contribution in [2.45, 2.75) is 50.7 Å². The summed E-state index contributed by atoms with van der Waals surface area (Å²) in [5.41, 5.74) is -0.119. The van der Waals surface area contributed by atoms with Gasteiger partial charge in [0.05, 0.1) is 21.2 Å². The van der Waals surface area contributed by atoms with Gasteiger partial charge < -0.3 is 9.84 Å². The van der Waals surface area contributed by atoms with Crippen LogP contribution in [0.4, 0.5) is 0 Å². The number of thiazole rings is 1. The summed E-state index contributed by atoms with van der Waals surface area (Å²) in [6.45, 7) is 0.244. The van der Waals surface area contributed by atoms with E-state index in [1.54, 1.807) is 11.3 Å². The number of carbonyl (C=O) groups is 1. The van der Waals surface area contributed by atoms with Crippen LogP contribution in [0.5, 0.6) is 0 Å². The molecule has 5 heteroatoms. The van der Waals surface area contributed by atoms with E-state index < -0.39 is 11.0 Å². The lowest BCUT2D eigenvalue weighted by Gasteiger charge is -2.58. The molecular weight excluding hydrogens is 322 g/mol. The molecule has 0 spiro atoms. The number of rotatable bonds is 3. The molecule has 0 aliphatic heterocycles. The number of fused-ring (bicyclic) bond motifs is 1. The van der Waals surface area contributed by atoms with Crippen molar-refractivity contribution in [3.8, 4) is 0 Å². The van der Waals surface area contributed by atoms with Crippen molar-refractivity contribution in [1.82, 2.24) is 4.98 Å². The molecule has 4 aliphatic carbocycles. The summed E-state index contributed by atoms with van der Waals surface area (Å²) in [7, 11) is 0. The van der Waals surface area contributed by atoms with Gasteiger partial charge in [-0.15, -0.1) is 11.3 Å². The Bertz CT molecular complexity index is 767. The van der Waals surface area contributed by atoms with Gasteiger partial charge in [0, 0.05) is 0 Å². The van der Waals surface area contributed by atoms with Crippen LogP contribution in [0.25, 0.3) is 10.2 Å². The smallest absolute Gasteiger partial charge is 0.312 e. The van der Waals surface area contributed by atoms with Crippen LogP contribution in [-0.2, 0) is 16.1 Å². The Morgan fingerprint density at radius 2 is 2.00 bits per heavy atom. The maximum atomic E-state index is 12.9. The molecule has 1 aromatic heterocycles. The Kier molecular flexibility index (Phi) is 3.11. The van der Waals surface area contributed by atoms with Gasteiger partial charge in [0.25, 0.3) is 0 Å². The zero-order chi connectivity index (χ0) is 16.4. The highest BCUT2D eigenvalue weighted by atomic mass is 32.1. The maximum absolute atomic E-state index is 12.9. The molecule has 6 rings (SSSR count).